The lowest BCUT2D eigenvalue weighted by Crippen LogP contribution is -2.51. The molecule has 208 valence electrons. The molecule has 1 aliphatic heterocycles. The number of allylic oxidation sites excluding steroid dienone is 1. The lowest BCUT2D eigenvalue weighted by molar-refractivity contribution is 0.125. The Balaban J connectivity index is 1.40. The normalized spacial score (nSPS) is 14.3. The van der Waals surface area contributed by atoms with Gasteiger partial charge in [-0.15, -0.1) is 0 Å². The number of nitrogens with one attached hydrogen (secondary N) is 1. The van der Waals surface area contributed by atoms with E-state index in [1.54, 1.807) is 30.5 Å². The highest BCUT2D eigenvalue weighted by Gasteiger charge is 2.31. The number of hydrogen-bond donors (Lipinski definition) is 1. The van der Waals surface area contributed by atoms with Crippen molar-refractivity contribution in [3.63, 3.8) is 0 Å². The summed E-state index contributed by atoms with van der Waals surface area (Å²) in [6.07, 6.45) is 5.57. The minimum atomic E-state index is -0.156. The summed E-state index contributed by atoms with van der Waals surface area (Å²) >= 11 is 6.52. The van der Waals surface area contributed by atoms with E-state index in [4.69, 9.17) is 21.8 Å². The topological polar surface area (TPSA) is 90.1 Å². The fourth-order valence-corrected chi connectivity index (χ4v) is 5.42. The Kier molecular flexibility index (Phi) is 8.48. The Hall–Kier alpha value is -4.45. The summed E-state index contributed by atoms with van der Waals surface area (Å²) in [5.41, 5.74) is 6.28. The van der Waals surface area contributed by atoms with Gasteiger partial charge in [0.05, 0.1) is 23.4 Å². The third-order valence-corrected chi connectivity index (χ3v) is 7.75. The number of nitrogens with zero attached hydrogens (tertiary/aromatic N) is 6. The average Bonchev–Trinajstić information content (AvgIpc) is 3.39. The fraction of sp³-hybridized carbons (Fsp3) is 0.250. The van der Waals surface area contributed by atoms with Gasteiger partial charge in [0.15, 0.2) is 0 Å². The van der Waals surface area contributed by atoms with Gasteiger partial charge in [0.2, 0.25) is 0 Å². The molecule has 3 heterocycles. The van der Waals surface area contributed by atoms with Crippen LogP contribution in [0.15, 0.2) is 79.8 Å². The van der Waals surface area contributed by atoms with E-state index >= 15 is 0 Å². The third-order valence-electron chi connectivity index (χ3n) is 7.52. The summed E-state index contributed by atoms with van der Waals surface area (Å²) in [7, 11) is 0. The van der Waals surface area contributed by atoms with Crippen LogP contribution >= 0.6 is 11.6 Å². The molecule has 1 unspecified atom stereocenters. The number of halogens is 1. The summed E-state index contributed by atoms with van der Waals surface area (Å²) in [6, 6.07) is 18.7. The molecular formula is C32H32ClN7O. The first-order valence-corrected chi connectivity index (χ1v) is 13.9. The van der Waals surface area contributed by atoms with Gasteiger partial charge in [0.25, 0.3) is 0 Å². The van der Waals surface area contributed by atoms with Crippen LogP contribution in [0.4, 0.5) is 10.5 Å². The van der Waals surface area contributed by atoms with Gasteiger partial charge in [-0.25, -0.2) is 9.78 Å². The van der Waals surface area contributed by atoms with Gasteiger partial charge >= 0.3 is 6.03 Å². The standard InChI is InChI=1S/C32H32ClN7O/c1-22-5-4-12-36-30(22)31(28-11-8-26(33)19-29(28)23(2)21-40-14-13-35-24(40)3)38-15-17-39(18-16-38)32(41)37-27-9-6-25(20-34)7-10-27/h4-14,19,31H,2,15-18,21H2,1,3H3,(H,37,41). The molecule has 0 saturated carbocycles. The lowest BCUT2D eigenvalue weighted by Gasteiger charge is -2.40. The van der Waals surface area contributed by atoms with Crippen LogP contribution in [0.1, 0.15) is 39.8 Å². The minimum absolute atomic E-state index is 0.146. The van der Waals surface area contributed by atoms with Crippen LogP contribution < -0.4 is 5.32 Å². The van der Waals surface area contributed by atoms with E-state index in [0.29, 0.717) is 49.0 Å². The quantitative estimate of drug-likeness (QED) is 0.293. The van der Waals surface area contributed by atoms with E-state index in [1.165, 1.54) is 0 Å². The lowest BCUT2D eigenvalue weighted by atomic mass is 9.90. The maximum atomic E-state index is 13.0. The van der Waals surface area contributed by atoms with Crippen molar-refractivity contribution in [2.45, 2.75) is 26.4 Å². The van der Waals surface area contributed by atoms with Crippen molar-refractivity contribution >= 4 is 28.9 Å². The molecule has 2 aromatic carbocycles. The SMILES string of the molecule is C=C(Cn1ccnc1C)c1cc(Cl)ccc1C(c1ncccc1C)N1CCN(C(=O)Nc2ccc(C#N)cc2)CC1. The molecule has 0 bridgehead atoms. The number of nitriles is 1. The predicted molar refractivity (Wildman–Crippen MR) is 162 cm³/mol. The van der Waals surface area contributed by atoms with E-state index in [9.17, 15) is 4.79 Å². The molecule has 4 aromatic rings. The second-order valence-corrected chi connectivity index (χ2v) is 10.6. The van der Waals surface area contributed by atoms with Crippen molar-refractivity contribution in [2.24, 2.45) is 0 Å². The Morgan fingerprint density at radius 1 is 1.07 bits per heavy atom. The Labute approximate surface area is 245 Å². The minimum Gasteiger partial charge on any atom is -0.331 e. The van der Waals surface area contributed by atoms with Crippen LogP contribution in [0.25, 0.3) is 5.57 Å². The fourth-order valence-electron chi connectivity index (χ4n) is 5.25. The predicted octanol–water partition coefficient (Wildman–Crippen LogP) is 6.07. The number of imidazole rings is 1. The number of amides is 2. The first-order chi connectivity index (χ1) is 19.8. The molecule has 1 atom stereocenters. The molecule has 2 amide bonds. The number of aromatic nitrogens is 3. The van der Waals surface area contributed by atoms with E-state index in [-0.39, 0.29) is 12.1 Å². The third kappa shape index (κ3) is 6.32. The summed E-state index contributed by atoms with van der Waals surface area (Å²) in [5.74, 6) is 0.919. The zero-order chi connectivity index (χ0) is 28.9. The molecule has 41 heavy (non-hydrogen) atoms. The number of hydrogen-bond acceptors (Lipinski definition) is 5. The molecule has 1 saturated heterocycles. The Morgan fingerprint density at radius 3 is 2.49 bits per heavy atom. The Bertz CT molecular complexity index is 1600. The van der Waals surface area contributed by atoms with Crippen molar-refractivity contribution in [1.82, 2.24) is 24.3 Å². The van der Waals surface area contributed by atoms with Gasteiger partial charge in [0, 0.05) is 62.0 Å². The van der Waals surface area contributed by atoms with Crippen LogP contribution in [0.2, 0.25) is 5.02 Å². The number of rotatable bonds is 7. The molecule has 9 heteroatoms. The van der Waals surface area contributed by atoms with Crippen molar-refractivity contribution < 1.29 is 4.79 Å². The van der Waals surface area contributed by atoms with E-state index < -0.39 is 0 Å². The van der Waals surface area contributed by atoms with Crippen molar-refractivity contribution in [3.05, 3.63) is 119 Å². The molecule has 1 N–H and O–H groups in total. The number of carbonyl (C=O) groups excluding carboxylic acids is 1. The largest absolute Gasteiger partial charge is 0.331 e. The van der Waals surface area contributed by atoms with Gasteiger partial charge in [-0.2, -0.15) is 5.26 Å². The van der Waals surface area contributed by atoms with Crippen LogP contribution in [-0.2, 0) is 6.54 Å². The highest BCUT2D eigenvalue weighted by atomic mass is 35.5. The zero-order valence-electron chi connectivity index (χ0n) is 23.2. The van der Waals surface area contributed by atoms with Crippen LogP contribution in [0.5, 0.6) is 0 Å². The molecule has 5 rings (SSSR count). The van der Waals surface area contributed by atoms with Crippen molar-refractivity contribution in [1.29, 1.82) is 5.26 Å². The molecule has 0 spiro atoms. The van der Waals surface area contributed by atoms with Gasteiger partial charge in [-0.1, -0.05) is 30.3 Å². The summed E-state index contributed by atoms with van der Waals surface area (Å²) in [4.78, 5) is 26.4. The second-order valence-electron chi connectivity index (χ2n) is 10.2. The first kappa shape index (κ1) is 28.1. The number of carbonyl (C=O) groups is 1. The highest BCUT2D eigenvalue weighted by molar-refractivity contribution is 6.30. The van der Waals surface area contributed by atoms with Crippen LogP contribution in [-0.4, -0.2) is 56.5 Å². The molecular weight excluding hydrogens is 534 g/mol. The number of anilines is 1. The number of aryl methyl sites for hydroxylation is 2. The molecule has 8 nitrogen and oxygen atoms in total. The maximum Gasteiger partial charge on any atom is 0.321 e. The number of piperazine rings is 1. The van der Waals surface area contributed by atoms with Crippen molar-refractivity contribution in [2.75, 3.05) is 31.5 Å². The van der Waals surface area contributed by atoms with E-state index in [2.05, 4.69) is 51.5 Å². The summed E-state index contributed by atoms with van der Waals surface area (Å²) in [5, 5.41) is 12.6. The molecule has 1 fully saturated rings. The number of pyridine rings is 1. The van der Waals surface area contributed by atoms with E-state index in [0.717, 1.165) is 33.8 Å². The maximum absolute atomic E-state index is 13.0. The van der Waals surface area contributed by atoms with Gasteiger partial charge in [0.1, 0.15) is 5.82 Å². The van der Waals surface area contributed by atoms with Crippen molar-refractivity contribution in [3.8, 4) is 6.07 Å². The van der Waals surface area contributed by atoms with Crippen LogP contribution in [0, 0.1) is 25.2 Å². The smallest absolute Gasteiger partial charge is 0.321 e. The Morgan fingerprint density at radius 2 is 1.83 bits per heavy atom. The van der Waals surface area contributed by atoms with E-state index in [1.807, 2.05) is 42.4 Å². The monoisotopic (exact) mass is 565 g/mol. The second kappa shape index (κ2) is 12.4. The van der Waals surface area contributed by atoms with Gasteiger partial charge in [-0.3, -0.25) is 9.88 Å². The molecule has 0 aliphatic carbocycles. The summed E-state index contributed by atoms with van der Waals surface area (Å²) in [6.45, 7) is 11.5. The molecule has 1 aliphatic rings. The van der Waals surface area contributed by atoms with Gasteiger partial charge < -0.3 is 14.8 Å². The summed E-state index contributed by atoms with van der Waals surface area (Å²) < 4.78 is 2.07. The molecule has 0 radical (unpaired) electrons. The highest BCUT2D eigenvalue weighted by Crippen LogP contribution is 2.36. The first-order valence-electron chi connectivity index (χ1n) is 13.5. The number of urea groups is 1. The number of benzene rings is 2. The average molecular weight is 566 g/mol. The van der Waals surface area contributed by atoms with Crippen LogP contribution in [0.3, 0.4) is 0 Å². The molecule has 2 aromatic heterocycles. The van der Waals surface area contributed by atoms with Gasteiger partial charge in [-0.05, 0) is 78.6 Å². The zero-order valence-corrected chi connectivity index (χ0v) is 24.0.